The highest BCUT2D eigenvalue weighted by Crippen LogP contribution is 2.13. The summed E-state index contributed by atoms with van der Waals surface area (Å²) in [6, 6.07) is 6.54. The smallest absolute Gasteiger partial charge is 0.337 e. The SMILES string of the molecule is CC.COC(=O)c1ccc(OCC(=O)N2CCN(C)CC2)cc1. The number of hydrogen-bond donors (Lipinski definition) is 0. The molecule has 1 aliphatic rings. The maximum atomic E-state index is 12.0. The van der Waals surface area contributed by atoms with Crippen LogP contribution in [0.25, 0.3) is 0 Å². The Morgan fingerprint density at radius 1 is 1.04 bits per heavy atom. The van der Waals surface area contributed by atoms with Crippen molar-refractivity contribution in [3.8, 4) is 5.75 Å². The number of methoxy groups -OCH3 is 1. The summed E-state index contributed by atoms with van der Waals surface area (Å²) in [5, 5.41) is 0. The molecule has 0 bridgehead atoms. The van der Waals surface area contributed by atoms with Crippen molar-refractivity contribution in [2.24, 2.45) is 0 Å². The van der Waals surface area contributed by atoms with Crippen molar-refractivity contribution < 1.29 is 19.1 Å². The van der Waals surface area contributed by atoms with Crippen molar-refractivity contribution in [2.75, 3.05) is 46.9 Å². The summed E-state index contributed by atoms with van der Waals surface area (Å²) >= 11 is 0. The van der Waals surface area contributed by atoms with E-state index < -0.39 is 5.97 Å². The van der Waals surface area contributed by atoms with Crippen molar-refractivity contribution in [1.82, 2.24) is 9.80 Å². The Morgan fingerprint density at radius 3 is 2.13 bits per heavy atom. The lowest BCUT2D eigenvalue weighted by Gasteiger charge is -2.32. The highest BCUT2D eigenvalue weighted by atomic mass is 16.5. The highest BCUT2D eigenvalue weighted by molar-refractivity contribution is 5.89. The van der Waals surface area contributed by atoms with Crippen molar-refractivity contribution >= 4 is 11.9 Å². The van der Waals surface area contributed by atoms with E-state index in [-0.39, 0.29) is 12.5 Å². The zero-order valence-electron chi connectivity index (χ0n) is 14.4. The van der Waals surface area contributed by atoms with Gasteiger partial charge in [0, 0.05) is 26.2 Å². The molecule has 0 aromatic heterocycles. The topological polar surface area (TPSA) is 59.1 Å². The zero-order chi connectivity index (χ0) is 17.2. The van der Waals surface area contributed by atoms with Gasteiger partial charge in [-0.1, -0.05) is 13.8 Å². The van der Waals surface area contributed by atoms with Crippen molar-refractivity contribution in [3.63, 3.8) is 0 Å². The van der Waals surface area contributed by atoms with Crippen LogP contribution in [0.5, 0.6) is 5.75 Å². The molecule has 1 aromatic rings. The number of piperazine rings is 1. The van der Waals surface area contributed by atoms with E-state index in [1.165, 1.54) is 7.11 Å². The van der Waals surface area contributed by atoms with Gasteiger partial charge >= 0.3 is 5.97 Å². The lowest BCUT2D eigenvalue weighted by atomic mass is 10.2. The molecule has 128 valence electrons. The van der Waals surface area contributed by atoms with Gasteiger partial charge < -0.3 is 19.3 Å². The summed E-state index contributed by atoms with van der Waals surface area (Å²) in [7, 11) is 3.38. The van der Waals surface area contributed by atoms with E-state index in [2.05, 4.69) is 9.64 Å². The second-order valence-electron chi connectivity index (χ2n) is 4.99. The van der Waals surface area contributed by atoms with Crippen LogP contribution in [0.15, 0.2) is 24.3 Å². The summed E-state index contributed by atoms with van der Waals surface area (Å²) in [6.45, 7) is 7.26. The Morgan fingerprint density at radius 2 is 1.61 bits per heavy atom. The van der Waals surface area contributed by atoms with Crippen molar-refractivity contribution in [3.05, 3.63) is 29.8 Å². The number of carbonyl (C=O) groups is 2. The van der Waals surface area contributed by atoms with Crippen LogP contribution in [0, 0.1) is 0 Å². The number of benzene rings is 1. The fraction of sp³-hybridized carbons (Fsp3) is 0.529. The van der Waals surface area contributed by atoms with Gasteiger partial charge in [0.15, 0.2) is 6.61 Å². The molecule has 1 fully saturated rings. The van der Waals surface area contributed by atoms with Crippen LogP contribution in [-0.4, -0.2) is 68.6 Å². The van der Waals surface area contributed by atoms with E-state index in [1.807, 2.05) is 25.8 Å². The number of esters is 1. The number of nitrogens with zero attached hydrogens (tertiary/aromatic N) is 2. The van der Waals surface area contributed by atoms with Crippen LogP contribution in [0.4, 0.5) is 0 Å². The number of carbonyl (C=O) groups excluding carboxylic acids is 2. The zero-order valence-corrected chi connectivity index (χ0v) is 14.4. The van der Waals surface area contributed by atoms with Crippen molar-refractivity contribution in [2.45, 2.75) is 13.8 Å². The fourth-order valence-electron chi connectivity index (χ4n) is 2.10. The largest absolute Gasteiger partial charge is 0.484 e. The van der Waals surface area contributed by atoms with Gasteiger partial charge in [0.25, 0.3) is 5.91 Å². The van der Waals surface area contributed by atoms with Gasteiger partial charge in [0.2, 0.25) is 0 Å². The van der Waals surface area contributed by atoms with Gasteiger partial charge in [-0.15, -0.1) is 0 Å². The van der Waals surface area contributed by atoms with Crippen LogP contribution >= 0.6 is 0 Å². The van der Waals surface area contributed by atoms with Gasteiger partial charge in [-0.05, 0) is 31.3 Å². The second kappa shape index (κ2) is 9.84. The Bertz CT molecular complexity index is 494. The van der Waals surface area contributed by atoms with Crippen LogP contribution in [0.2, 0.25) is 0 Å². The molecule has 0 N–H and O–H groups in total. The van der Waals surface area contributed by atoms with Crippen LogP contribution in [0.3, 0.4) is 0 Å². The first kappa shape index (κ1) is 19.0. The molecule has 23 heavy (non-hydrogen) atoms. The van der Waals surface area contributed by atoms with E-state index in [4.69, 9.17) is 4.74 Å². The summed E-state index contributed by atoms with van der Waals surface area (Å²) < 4.78 is 10.1. The summed E-state index contributed by atoms with van der Waals surface area (Å²) in [5.74, 6) is 0.153. The average molecular weight is 322 g/mol. The lowest BCUT2D eigenvalue weighted by molar-refractivity contribution is -0.134. The first-order valence-corrected chi connectivity index (χ1v) is 7.87. The molecule has 0 spiro atoms. The lowest BCUT2D eigenvalue weighted by Crippen LogP contribution is -2.48. The first-order valence-electron chi connectivity index (χ1n) is 7.87. The third-order valence-corrected chi connectivity index (χ3v) is 3.49. The predicted octanol–water partition coefficient (Wildman–Crippen LogP) is 1.65. The predicted molar refractivity (Wildman–Crippen MR) is 88.7 cm³/mol. The Hall–Kier alpha value is -2.08. The maximum absolute atomic E-state index is 12.0. The molecule has 0 saturated carbocycles. The van der Waals surface area contributed by atoms with Gasteiger partial charge in [0.1, 0.15) is 5.75 Å². The monoisotopic (exact) mass is 322 g/mol. The second-order valence-corrected chi connectivity index (χ2v) is 4.99. The first-order chi connectivity index (χ1) is 11.1. The molecule has 0 radical (unpaired) electrons. The van der Waals surface area contributed by atoms with Crippen LogP contribution in [0.1, 0.15) is 24.2 Å². The Labute approximate surface area is 138 Å². The van der Waals surface area contributed by atoms with E-state index in [1.54, 1.807) is 24.3 Å². The molecule has 0 aliphatic carbocycles. The standard InChI is InChI=1S/C15H20N2O4.C2H6/c1-16-7-9-17(10-8-16)14(18)11-21-13-5-3-12(4-6-13)15(19)20-2;1-2/h3-6H,7-11H2,1-2H3;1-2H3. The van der Waals surface area contributed by atoms with Crippen LogP contribution in [-0.2, 0) is 9.53 Å². The number of rotatable bonds is 4. The van der Waals surface area contributed by atoms with Crippen LogP contribution < -0.4 is 4.74 Å². The van der Waals surface area contributed by atoms with Gasteiger partial charge in [-0.3, -0.25) is 4.79 Å². The van der Waals surface area contributed by atoms with E-state index >= 15 is 0 Å². The Balaban J connectivity index is 0.00000127. The number of likely N-dealkylation sites (N-methyl/N-ethyl adjacent to an activating group) is 1. The molecule has 2 rings (SSSR count). The third-order valence-electron chi connectivity index (χ3n) is 3.49. The molecule has 1 amide bonds. The molecular weight excluding hydrogens is 296 g/mol. The minimum Gasteiger partial charge on any atom is -0.484 e. The Kier molecular flexibility index (Phi) is 8.11. The number of hydrogen-bond acceptors (Lipinski definition) is 5. The van der Waals surface area contributed by atoms with E-state index in [0.29, 0.717) is 11.3 Å². The highest BCUT2D eigenvalue weighted by Gasteiger charge is 2.19. The summed E-state index contributed by atoms with van der Waals surface area (Å²) in [6.07, 6.45) is 0. The normalized spacial score (nSPS) is 14.5. The molecule has 6 heteroatoms. The molecule has 0 unspecified atom stereocenters. The molecule has 6 nitrogen and oxygen atoms in total. The molecular formula is C17H26N2O4. The van der Waals surface area contributed by atoms with Gasteiger partial charge in [-0.25, -0.2) is 4.79 Å². The minimum atomic E-state index is -0.393. The van der Waals surface area contributed by atoms with Gasteiger partial charge in [-0.2, -0.15) is 0 Å². The molecule has 1 aliphatic heterocycles. The molecule has 1 saturated heterocycles. The summed E-state index contributed by atoms with van der Waals surface area (Å²) in [5.41, 5.74) is 0.454. The third kappa shape index (κ3) is 5.90. The van der Waals surface area contributed by atoms with Crippen molar-refractivity contribution in [1.29, 1.82) is 0 Å². The summed E-state index contributed by atoms with van der Waals surface area (Å²) in [4.78, 5) is 27.3. The van der Waals surface area contributed by atoms with Gasteiger partial charge in [0.05, 0.1) is 12.7 Å². The number of ether oxygens (including phenoxy) is 2. The molecule has 0 atom stereocenters. The number of amides is 1. The quantitative estimate of drug-likeness (QED) is 0.789. The maximum Gasteiger partial charge on any atom is 0.337 e. The van der Waals surface area contributed by atoms with E-state index in [0.717, 1.165) is 26.2 Å². The molecule has 1 heterocycles. The minimum absolute atomic E-state index is 0.0138. The average Bonchev–Trinajstić information content (AvgIpc) is 2.61. The fourth-order valence-corrected chi connectivity index (χ4v) is 2.10. The van der Waals surface area contributed by atoms with E-state index in [9.17, 15) is 9.59 Å². The molecule has 1 aromatic carbocycles.